The third-order valence-corrected chi connectivity index (χ3v) is 3.84. The highest BCUT2D eigenvalue weighted by Crippen LogP contribution is 2.19. The standard InChI is InChI=1S/C14H20BrNO/c1-4-7-11(5-2)16-14(17)12-8-6-9-13(15)10(12)3/h6,8-9,11H,4-5,7H2,1-3H3,(H,16,17). The predicted octanol–water partition coefficient (Wildman–Crippen LogP) is 4.07. The summed E-state index contributed by atoms with van der Waals surface area (Å²) in [5, 5.41) is 3.09. The molecule has 0 saturated heterocycles. The molecule has 0 aliphatic heterocycles. The first-order valence-electron chi connectivity index (χ1n) is 6.16. The Morgan fingerprint density at radius 3 is 2.71 bits per heavy atom. The predicted molar refractivity (Wildman–Crippen MR) is 75.3 cm³/mol. The molecule has 0 aromatic heterocycles. The van der Waals surface area contributed by atoms with Crippen molar-refractivity contribution >= 4 is 21.8 Å². The Hall–Kier alpha value is -0.830. The molecule has 0 saturated carbocycles. The molecular weight excluding hydrogens is 278 g/mol. The van der Waals surface area contributed by atoms with Crippen molar-refractivity contribution in [3.05, 3.63) is 33.8 Å². The first-order valence-corrected chi connectivity index (χ1v) is 6.95. The van der Waals surface area contributed by atoms with Gasteiger partial charge in [0.2, 0.25) is 0 Å². The van der Waals surface area contributed by atoms with E-state index in [0.29, 0.717) is 0 Å². The van der Waals surface area contributed by atoms with Crippen molar-refractivity contribution in [1.82, 2.24) is 5.32 Å². The number of hydrogen-bond acceptors (Lipinski definition) is 1. The largest absolute Gasteiger partial charge is 0.349 e. The van der Waals surface area contributed by atoms with Gasteiger partial charge < -0.3 is 5.32 Å². The lowest BCUT2D eigenvalue weighted by Gasteiger charge is -2.17. The van der Waals surface area contributed by atoms with Gasteiger partial charge in [-0.15, -0.1) is 0 Å². The maximum Gasteiger partial charge on any atom is 0.251 e. The summed E-state index contributed by atoms with van der Waals surface area (Å²) in [6.07, 6.45) is 3.11. The summed E-state index contributed by atoms with van der Waals surface area (Å²) >= 11 is 3.45. The van der Waals surface area contributed by atoms with Gasteiger partial charge in [0.15, 0.2) is 0 Å². The zero-order chi connectivity index (χ0) is 12.8. The molecule has 0 spiro atoms. The van der Waals surface area contributed by atoms with Crippen LogP contribution in [0.5, 0.6) is 0 Å². The molecule has 0 heterocycles. The van der Waals surface area contributed by atoms with Gasteiger partial charge in [0, 0.05) is 16.1 Å². The van der Waals surface area contributed by atoms with Crippen LogP contribution < -0.4 is 5.32 Å². The summed E-state index contributed by atoms with van der Waals surface area (Å²) in [5.74, 6) is 0.0316. The zero-order valence-corrected chi connectivity index (χ0v) is 12.3. The number of nitrogens with one attached hydrogen (secondary N) is 1. The summed E-state index contributed by atoms with van der Waals surface area (Å²) in [5.41, 5.74) is 1.75. The fourth-order valence-electron chi connectivity index (χ4n) is 1.84. The number of carbonyl (C=O) groups excluding carboxylic acids is 1. The topological polar surface area (TPSA) is 29.1 Å². The van der Waals surface area contributed by atoms with Gasteiger partial charge >= 0.3 is 0 Å². The van der Waals surface area contributed by atoms with Crippen molar-refractivity contribution in [3.63, 3.8) is 0 Å². The Balaban J connectivity index is 2.79. The summed E-state index contributed by atoms with van der Waals surface area (Å²) in [6.45, 7) is 6.20. The molecular formula is C14H20BrNO. The molecule has 17 heavy (non-hydrogen) atoms. The van der Waals surface area contributed by atoms with Crippen LogP contribution in [0, 0.1) is 6.92 Å². The minimum Gasteiger partial charge on any atom is -0.349 e. The molecule has 0 radical (unpaired) electrons. The lowest BCUT2D eigenvalue weighted by atomic mass is 10.1. The average molecular weight is 298 g/mol. The van der Waals surface area contributed by atoms with Gasteiger partial charge in [-0.3, -0.25) is 4.79 Å². The van der Waals surface area contributed by atoms with E-state index in [0.717, 1.165) is 34.9 Å². The summed E-state index contributed by atoms with van der Waals surface area (Å²) < 4.78 is 0.980. The van der Waals surface area contributed by atoms with Gasteiger partial charge in [-0.05, 0) is 37.5 Å². The minimum atomic E-state index is 0.0316. The van der Waals surface area contributed by atoms with Gasteiger partial charge in [0.25, 0.3) is 5.91 Å². The van der Waals surface area contributed by atoms with E-state index in [9.17, 15) is 4.79 Å². The van der Waals surface area contributed by atoms with Crippen molar-refractivity contribution < 1.29 is 4.79 Å². The maximum atomic E-state index is 12.1. The number of amides is 1. The van der Waals surface area contributed by atoms with Crippen LogP contribution in [-0.4, -0.2) is 11.9 Å². The van der Waals surface area contributed by atoms with Gasteiger partial charge in [-0.2, -0.15) is 0 Å². The molecule has 2 nitrogen and oxygen atoms in total. The Bertz CT molecular complexity index is 390. The van der Waals surface area contributed by atoms with E-state index in [1.807, 2.05) is 25.1 Å². The Kier molecular flexibility index (Phi) is 5.69. The number of hydrogen-bond donors (Lipinski definition) is 1. The van der Waals surface area contributed by atoms with E-state index in [1.54, 1.807) is 0 Å². The average Bonchev–Trinajstić information content (AvgIpc) is 2.31. The smallest absolute Gasteiger partial charge is 0.251 e. The Labute approximate surface area is 112 Å². The molecule has 1 aromatic carbocycles. The molecule has 1 unspecified atom stereocenters. The van der Waals surface area contributed by atoms with Gasteiger partial charge in [0.05, 0.1) is 0 Å². The lowest BCUT2D eigenvalue weighted by molar-refractivity contribution is 0.0933. The van der Waals surface area contributed by atoms with E-state index in [4.69, 9.17) is 0 Å². The van der Waals surface area contributed by atoms with Crippen molar-refractivity contribution in [2.24, 2.45) is 0 Å². The molecule has 1 N–H and O–H groups in total. The molecule has 0 bridgehead atoms. The van der Waals surface area contributed by atoms with Crippen LogP contribution in [0.3, 0.4) is 0 Å². The van der Waals surface area contributed by atoms with Crippen LogP contribution in [-0.2, 0) is 0 Å². The molecule has 1 amide bonds. The highest BCUT2D eigenvalue weighted by molar-refractivity contribution is 9.10. The van der Waals surface area contributed by atoms with Gasteiger partial charge in [-0.1, -0.05) is 42.3 Å². The maximum absolute atomic E-state index is 12.1. The Morgan fingerprint density at radius 2 is 2.12 bits per heavy atom. The van der Waals surface area contributed by atoms with Crippen LogP contribution in [0.2, 0.25) is 0 Å². The van der Waals surface area contributed by atoms with Crippen molar-refractivity contribution in [3.8, 4) is 0 Å². The van der Waals surface area contributed by atoms with Crippen molar-refractivity contribution in [2.45, 2.75) is 46.1 Å². The zero-order valence-electron chi connectivity index (χ0n) is 10.7. The highest BCUT2D eigenvalue weighted by Gasteiger charge is 2.14. The summed E-state index contributed by atoms with van der Waals surface area (Å²) in [6, 6.07) is 6.00. The van der Waals surface area contributed by atoms with E-state index in [-0.39, 0.29) is 11.9 Å². The highest BCUT2D eigenvalue weighted by atomic mass is 79.9. The van der Waals surface area contributed by atoms with E-state index < -0.39 is 0 Å². The second kappa shape index (κ2) is 6.80. The molecule has 0 aliphatic rings. The molecule has 94 valence electrons. The second-order valence-electron chi connectivity index (χ2n) is 4.28. The van der Waals surface area contributed by atoms with E-state index in [2.05, 4.69) is 35.1 Å². The second-order valence-corrected chi connectivity index (χ2v) is 5.13. The quantitative estimate of drug-likeness (QED) is 0.872. The number of carbonyl (C=O) groups is 1. The summed E-state index contributed by atoms with van der Waals surface area (Å²) in [4.78, 5) is 12.1. The van der Waals surface area contributed by atoms with Crippen LogP contribution in [0.25, 0.3) is 0 Å². The molecule has 1 rings (SSSR count). The van der Waals surface area contributed by atoms with Crippen molar-refractivity contribution in [2.75, 3.05) is 0 Å². The summed E-state index contributed by atoms with van der Waals surface area (Å²) in [7, 11) is 0. The third-order valence-electron chi connectivity index (χ3n) is 2.98. The molecule has 0 aliphatic carbocycles. The third kappa shape index (κ3) is 3.84. The first-order chi connectivity index (χ1) is 8.10. The van der Waals surface area contributed by atoms with Crippen LogP contribution in [0.15, 0.2) is 22.7 Å². The molecule has 1 aromatic rings. The molecule has 1 atom stereocenters. The fourth-order valence-corrected chi connectivity index (χ4v) is 2.21. The van der Waals surface area contributed by atoms with Crippen molar-refractivity contribution in [1.29, 1.82) is 0 Å². The van der Waals surface area contributed by atoms with Gasteiger partial charge in [0.1, 0.15) is 0 Å². The Morgan fingerprint density at radius 1 is 1.41 bits per heavy atom. The van der Waals surface area contributed by atoms with Crippen LogP contribution in [0.4, 0.5) is 0 Å². The van der Waals surface area contributed by atoms with E-state index >= 15 is 0 Å². The van der Waals surface area contributed by atoms with Crippen LogP contribution in [0.1, 0.15) is 49.0 Å². The SMILES string of the molecule is CCCC(CC)NC(=O)c1cccc(Br)c1C. The number of benzene rings is 1. The van der Waals surface area contributed by atoms with E-state index in [1.165, 1.54) is 0 Å². The molecule has 0 fully saturated rings. The van der Waals surface area contributed by atoms with Crippen LogP contribution >= 0.6 is 15.9 Å². The minimum absolute atomic E-state index is 0.0316. The first kappa shape index (κ1) is 14.2. The number of halogens is 1. The normalized spacial score (nSPS) is 12.2. The van der Waals surface area contributed by atoms with Gasteiger partial charge in [-0.25, -0.2) is 0 Å². The molecule has 3 heteroatoms. The fraction of sp³-hybridized carbons (Fsp3) is 0.500. The number of rotatable bonds is 5. The lowest BCUT2D eigenvalue weighted by Crippen LogP contribution is -2.34. The monoisotopic (exact) mass is 297 g/mol.